The van der Waals surface area contributed by atoms with E-state index < -0.39 is 0 Å². The van der Waals surface area contributed by atoms with E-state index in [9.17, 15) is 4.79 Å². The van der Waals surface area contributed by atoms with Crippen molar-refractivity contribution >= 4 is 27.3 Å². The number of thiazole rings is 1. The van der Waals surface area contributed by atoms with Crippen LogP contribution >= 0.6 is 11.3 Å². The van der Waals surface area contributed by atoms with Gasteiger partial charge in [-0.3, -0.25) is 4.79 Å². The number of nitrogens with zero attached hydrogens (tertiary/aromatic N) is 3. The predicted octanol–water partition coefficient (Wildman–Crippen LogP) is 4.17. The van der Waals surface area contributed by atoms with Gasteiger partial charge in [0.2, 0.25) is 11.7 Å². The summed E-state index contributed by atoms with van der Waals surface area (Å²) in [7, 11) is 0. The van der Waals surface area contributed by atoms with Crippen molar-refractivity contribution < 1.29 is 9.53 Å². The molecule has 6 heteroatoms. The fraction of sp³-hybridized carbons (Fsp3) is 0.381. The Kier molecular flexibility index (Phi) is 5.18. The number of hydrogen-bond acceptors (Lipinski definition) is 6. The summed E-state index contributed by atoms with van der Waals surface area (Å²) in [5, 5.41) is 0.493. The lowest BCUT2D eigenvalue weighted by atomic mass is 10.1. The summed E-state index contributed by atoms with van der Waals surface area (Å²) < 4.78 is 7.03. The fourth-order valence-electron chi connectivity index (χ4n) is 3.36. The first-order valence-corrected chi connectivity index (χ1v) is 10.2. The van der Waals surface area contributed by atoms with Crippen LogP contribution in [-0.2, 0) is 0 Å². The highest BCUT2D eigenvalue weighted by atomic mass is 32.1. The normalized spacial score (nSPS) is 16.1. The molecule has 0 amide bonds. The number of aromatic nitrogens is 2. The Balaban J connectivity index is 1.40. The lowest BCUT2D eigenvalue weighted by molar-refractivity contribution is 0.0812. The number of ether oxygens (including phenoxy) is 1. The topological polar surface area (TPSA) is 55.3 Å². The molecule has 1 aliphatic rings. The van der Waals surface area contributed by atoms with Gasteiger partial charge in [0.1, 0.15) is 6.10 Å². The maximum atomic E-state index is 12.7. The van der Waals surface area contributed by atoms with Gasteiger partial charge in [0.25, 0.3) is 0 Å². The molecule has 0 saturated carbocycles. The number of likely N-dealkylation sites (tertiary alicyclic amines) is 1. The first kappa shape index (κ1) is 18.1. The summed E-state index contributed by atoms with van der Waals surface area (Å²) in [4.78, 5) is 23.9. The second-order valence-corrected chi connectivity index (χ2v) is 8.18. The number of fused-ring (bicyclic) bond motifs is 1. The molecule has 27 heavy (non-hydrogen) atoms. The Morgan fingerprint density at radius 3 is 2.63 bits per heavy atom. The molecule has 1 fully saturated rings. The molecule has 0 N–H and O–H groups in total. The predicted molar refractivity (Wildman–Crippen MR) is 108 cm³/mol. The van der Waals surface area contributed by atoms with Crippen molar-refractivity contribution in [2.45, 2.75) is 38.8 Å². The number of para-hydroxylation sites is 1. The Labute approximate surface area is 163 Å². The van der Waals surface area contributed by atoms with Gasteiger partial charge in [0, 0.05) is 37.0 Å². The SMILES string of the molecule is CC(C)N1CCC(Oc2ccc(C(=O)c3nc4ccccc4s3)cn2)CC1. The molecule has 0 unspecified atom stereocenters. The maximum Gasteiger partial charge on any atom is 0.223 e. The highest BCUT2D eigenvalue weighted by molar-refractivity contribution is 7.20. The summed E-state index contributed by atoms with van der Waals surface area (Å²) in [6, 6.07) is 11.9. The van der Waals surface area contributed by atoms with E-state index in [4.69, 9.17) is 4.74 Å². The quantitative estimate of drug-likeness (QED) is 0.621. The minimum atomic E-state index is -0.0968. The third kappa shape index (κ3) is 4.01. The van der Waals surface area contributed by atoms with Gasteiger partial charge in [-0.2, -0.15) is 0 Å². The van der Waals surface area contributed by atoms with Crippen LogP contribution in [0.4, 0.5) is 0 Å². The first-order valence-electron chi connectivity index (χ1n) is 9.37. The molecule has 3 heterocycles. The molecule has 5 nitrogen and oxygen atoms in total. The van der Waals surface area contributed by atoms with Crippen LogP contribution in [0.5, 0.6) is 5.88 Å². The number of pyridine rings is 1. The number of carbonyl (C=O) groups excluding carboxylic acids is 1. The molecule has 1 saturated heterocycles. The van der Waals surface area contributed by atoms with Crippen molar-refractivity contribution in [2.75, 3.05) is 13.1 Å². The molecule has 0 atom stereocenters. The van der Waals surface area contributed by atoms with Crippen molar-refractivity contribution in [2.24, 2.45) is 0 Å². The van der Waals surface area contributed by atoms with Gasteiger partial charge < -0.3 is 9.64 Å². The summed E-state index contributed by atoms with van der Waals surface area (Å²) in [6.07, 6.45) is 3.80. The molecule has 4 rings (SSSR count). The van der Waals surface area contributed by atoms with E-state index in [0.29, 0.717) is 22.5 Å². The average Bonchev–Trinajstić information content (AvgIpc) is 3.13. The van der Waals surface area contributed by atoms with Crippen LogP contribution in [0.1, 0.15) is 42.1 Å². The zero-order valence-electron chi connectivity index (χ0n) is 15.6. The van der Waals surface area contributed by atoms with Crippen molar-refractivity contribution in [1.29, 1.82) is 0 Å². The van der Waals surface area contributed by atoms with Crippen LogP contribution in [-0.4, -0.2) is 45.9 Å². The standard InChI is InChI=1S/C21H23N3O2S/c1-14(2)24-11-9-16(10-12-24)26-19-8-7-15(13-22-19)20(25)21-23-17-5-3-4-6-18(17)27-21/h3-8,13-14,16H,9-12H2,1-2H3. The van der Waals surface area contributed by atoms with Crippen LogP contribution in [0, 0.1) is 0 Å². The fourth-order valence-corrected chi connectivity index (χ4v) is 4.29. The second kappa shape index (κ2) is 7.74. The number of hydrogen-bond donors (Lipinski definition) is 0. The van der Waals surface area contributed by atoms with E-state index in [2.05, 4.69) is 28.7 Å². The zero-order valence-corrected chi connectivity index (χ0v) is 16.4. The van der Waals surface area contributed by atoms with E-state index in [1.165, 1.54) is 11.3 Å². The number of piperidine rings is 1. The summed E-state index contributed by atoms with van der Waals surface area (Å²) in [5.41, 5.74) is 1.39. The van der Waals surface area contributed by atoms with Gasteiger partial charge in [-0.15, -0.1) is 11.3 Å². The van der Waals surface area contributed by atoms with Crippen LogP contribution in [0.15, 0.2) is 42.6 Å². The highest BCUT2D eigenvalue weighted by Crippen LogP contribution is 2.24. The third-order valence-corrected chi connectivity index (χ3v) is 6.02. The van der Waals surface area contributed by atoms with Gasteiger partial charge in [-0.1, -0.05) is 12.1 Å². The maximum absolute atomic E-state index is 12.7. The van der Waals surface area contributed by atoms with Gasteiger partial charge >= 0.3 is 0 Å². The molecule has 1 aromatic carbocycles. The van der Waals surface area contributed by atoms with E-state index in [-0.39, 0.29) is 11.9 Å². The molecule has 0 spiro atoms. The van der Waals surface area contributed by atoms with Crippen molar-refractivity contribution in [3.63, 3.8) is 0 Å². The monoisotopic (exact) mass is 381 g/mol. The smallest absolute Gasteiger partial charge is 0.223 e. The molecular formula is C21H23N3O2S. The summed E-state index contributed by atoms with van der Waals surface area (Å²) in [6.45, 7) is 6.56. The van der Waals surface area contributed by atoms with Gasteiger partial charge in [-0.05, 0) is 44.9 Å². The van der Waals surface area contributed by atoms with Gasteiger partial charge in [0.05, 0.1) is 10.2 Å². The van der Waals surface area contributed by atoms with Gasteiger partial charge in [0.15, 0.2) is 5.01 Å². The lowest BCUT2D eigenvalue weighted by Gasteiger charge is -2.34. The zero-order chi connectivity index (χ0) is 18.8. The van der Waals surface area contributed by atoms with Crippen LogP contribution in [0.2, 0.25) is 0 Å². The Morgan fingerprint density at radius 2 is 1.96 bits per heavy atom. The molecule has 0 bridgehead atoms. The molecule has 140 valence electrons. The highest BCUT2D eigenvalue weighted by Gasteiger charge is 2.22. The van der Waals surface area contributed by atoms with Gasteiger partial charge in [-0.25, -0.2) is 9.97 Å². The minimum Gasteiger partial charge on any atom is -0.474 e. The lowest BCUT2D eigenvalue weighted by Crippen LogP contribution is -2.41. The number of ketones is 1. The molecule has 1 aliphatic heterocycles. The van der Waals surface area contributed by atoms with E-state index >= 15 is 0 Å². The number of carbonyl (C=O) groups is 1. The summed E-state index contributed by atoms with van der Waals surface area (Å²) >= 11 is 1.41. The molecule has 0 aliphatic carbocycles. The van der Waals surface area contributed by atoms with Crippen molar-refractivity contribution in [3.8, 4) is 5.88 Å². The molecule has 0 radical (unpaired) electrons. The van der Waals surface area contributed by atoms with Crippen molar-refractivity contribution in [3.05, 3.63) is 53.2 Å². The van der Waals surface area contributed by atoms with Crippen LogP contribution < -0.4 is 4.74 Å². The largest absolute Gasteiger partial charge is 0.474 e. The van der Waals surface area contributed by atoms with Crippen molar-refractivity contribution in [1.82, 2.24) is 14.9 Å². The third-order valence-electron chi connectivity index (χ3n) is 4.98. The van der Waals surface area contributed by atoms with E-state index in [1.807, 2.05) is 24.3 Å². The van der Waals surface area contributed by atoms with E-state index in [0.717, 1.165) is 36.1 Å². The van der Waals surface area contributed by atoms with Crippen LogP contribution in [0.3, 0.4) is 0 Å². The summed E-state index contributed by atoms with van der Waals surface area (Å²) in [5.74, 6) is 0.485. The Morgan fingerprint density at radius 1 is 1.19 bits per heavy atom. The van der Waals surface area contributed by atoms with Crippen LogP contribution in [0.25, 0.3) is 10.2 Å². The molecule has 3 aromatic rings. The minimum absolute atomic E-state index is 0.0968. The number of rotatable bonds is 5. The second-order valence-electron chi connectivity index (χ2n) is 7.15. The Hall–Kier alpha value is -2.31. The number of benzene rings is 1. The molecule has 2 aromatic heterocycles. The Bertz CT molecular complexity index is 895. The van der Waals surface area contributed by atoms with E-state index in [1.54, 1.807) is 18.3 Å². The molecular weight excluding hydrogens is 358 g/mol. The first-order chi connectivity index (χ1) is 13.1. The average molecular weight is 382 g/mol.